The van der Waals surface area contributed by atoms with Gasteiger partial charge in [0.25, 0.3) is 0 Å². The van der Waals surface area contributed by atoms with Gasteiger partial charge >= 0.3 is 0 Å². The Kier molecular flexibility index (Phi) is 7.96. The quantitative estimate of drug-likeness (QED) is 0.531. The number of aliphatic imine (C=N–C) groups is 1. The number of aromatic nitrogens is 1. The fourth-order valence-corrected chi connectivity index (χ4v) is 1.74. The number of aryl methyl sites for hydroxylation is 1. The van der Waals surface area contributed by atoms with Gasteiger partial charge in [-0.3, -0.25) is 9.79 Å². The molecule has 22 heavy (non-hydrogen) atoms. The van der Waals surface area contributed by atoms with Crippen LogP contribution in [0.2, 0.25) is 0 Å². The van der Waals surface area contributed by atoms with Gasteiger partial charge in [0.1, 0.15) is 5.82 Å². The maximum Gasteiger partial charge on any atom is 0.227 e. The highest BCUT2D eigenvalue weighted by Crippen LogP contribution is 2.03. The van der Waals surface area contributed by atoms with Gasteiger partial charge in [0, 0.05) is 32.8 Å². The molecular weight excluding hydrogens is 278 g/mol. The van der Waals surface area contributed by atoms with E-state index in [0.29, 0.717) is 24.7 Å². The molecule has 6 nitrogen and oxygen atoms in total. The normalized spacial score (nSPS) is 11.4. The summed E-state index contributed by atoms with van der Waals surface area (Å²) in [6.07, 6.45) is 3.18. The number of carbonyl (C=O) groups excluding carboxylic acids is 1. The molecule has 0 fully saturated rings. The Morgan fingerprint density at radius 1 is 1.27 bits per heavy atom. The Labute approximate surface area is 132 Å². The van der Waals surface area contributed by atoms with E-state index in [2.05, 4.69) is 39.8 Å². The zero-order valence-corrected chi connectivity index (χ0v) is 13.9. The van der Waals surface area contributed by atoms with Crippen LogP contribution in [0, 0.1) is 12.8 Å². The van der Waals surface area contributed by atoms with Crippen LogP contribution in [0.5, 0.6) is 0 Å². The van der Waals surface area contributed by atoms with Gasteiger partial charge in [-0.15, -0.1) is 0 Å². The highest BCUT2D eigenvalue weighted by molar-refractivity contribution is 5.90. The molecular formula is C16H27N5O. The van der Waals surface area contributed by atoms with Gasteiger partial charge in [-0.1, -0.05) is 19.9 Å². The molecule has 1 amide bonds. The highest BCUT2D eigenvalue weighted by Gasteiger charge is 2.04. The molecule has 0 bridgehead atoms. The van der Waals surface area contributed by atoms with Crippen molar-refractivity contribution in [3.8, 4) is 0 Å². The van der Waals surface area contributed by atoms with E-state index in [4.69, 9.17) is 0 Å². The predicted molar refractivity (Wildman–Crippen MR) is 91.0 cm³/mol. The number of guanidine groups is 1. The minimum Gasteiger partial charge on any atom is -0.356 e. The summed E-state index contributed by atoms with van der Waals surface area (Å²) in [5.74, 6) is 1.89. The smallest absolute Gasteiger partial charge is 0.227 e. The third-order valence-electron chi connectivity index (χ3n) is 3.06. The number of rotatable bonds is 7. The summed E-state index contributed by atoms with van der Waals surface area (Å²) in [4.78, 5) is 20.1. The Morgan fingerprint density at radius 3 is 2.59 bits per heavy atom. The summed E-state index contributed by atoms with van der Waals surface area (Å²) in [6.45, 7) is 7.72. The molecule has 0 saturated carbocycles. The Morgan fingerprint density at radius 2 is 2.00 bits per heavy atom. The number of hydrogen-bond acceptors (Lipinski definition) is 3. The fourth-order valence-electron chi connectivity index (χ4n) is 1.74. The van der Waals surface area contributed by atoms with Crippen molar-refractivity contribution in [2.45, 2.75) is 33.6 Å². The largest absolute Gasteiger partial charge is 0.356 e. The summed E-state index contributed by atoms with van der Waals surface area (Å²) in [6, 6.07) is 3.72. The van der Waals surface area contributed by atoms with E-state index >= 15 is 0 Å². The number of amides is 1. The maximum absolute atomic E-state index is 11.8. The Hall–Kier alpha value is -2.11. The summed E-state index contributed by atoms with van der Waals surface area (Å²) in [5, 5.41) is 9.12. The molecule has 122 valence electrons. The van der Waals surface area contributed by atoms with Crippen molar-refractivity contribution in [3.05, 3.63) is 23.9 Å². The van der Waals surface area contributed by atoms with Gasteiger partial charge in [-0.25, -0.2) is 4.98 Å². The van der Waals surface area contributed by atoms with Crippen molar-refractivity contribution in [2.24, 2.45) is 10.9 Å². The molecule has 6 heteroatoms. The lowest BCUT2D eigenvalue weighted by Gasteiger charge is -2.12. The van der Waals surface area contributed by atoms with Crippen LogP contribution in [0.15, 0.2) is 23.3 Å². The van der Waals surface area contributed by atoms with Gasteiger partial charge in [0.2, 0.25) is 5.91 Å². The van der Waals surface area contributed by atoms with Crippen molar-refractivity contribution in [3.63, 3.8) is 0 Å². The van der Waals surface area contributed by atoms with Gasteiger partial charge in [-0.2, -0.15) is 0 Å². The second kappa shape index (κ2) is 9.76. The Bertz CT molecular complexity index is 482. The van der Waals surface area contributed by atoms with Gasteiger partial charge in [-0.05, 0) is 30.9 Å². The molecule has 0 aliphatic carbocycles. The summed E-state index contributed by atoms with van der Waals surface area (Å²) >= 11 is 0. The molecule has 1 heterocycles. The number of nitrogens with zero attached hydrogens (tertiary/aromatic N) is 2. The topological polar surface area (TPSA) is 78.4 Å². The molecule has 0 spiro atoms. The monoisotopic (exact) mass is 305 g/mol. The van der Waals surface area contributed by atoms with Gasteiger partial charge in [0.05, 0.1) is 0 Å². The molecule has 0 aliphatic heterocycles. The lowest BCUT2D eigenvalue weighted by Crippen LogP contribution is -2.39. The van der Waals surface area contributed by atoms with Crippen LogP contribution in [0.4, 0.5) is 5.82 Å². The first-order valence-corrected chi connectivity index (χ1v) is 7.68. The Balaban J connectivity index is 2.24. The molecule has 0 aliphatic rings. The number of nitrogens with one attached hydrogen (secondary N) is 3. The lowest BCUT2D eigenvalue weighted by atomic mass is 10.1. The van der Waals surface area contributed by atoms with Crippen LogP contribution in [0.1, 0.15) is 32.3 Å². The van der Waals surface area contributed by atoms with Crippen LogP contribution in [0.3, 0.4) is 0 Å². The molecule has 0 atom stereocenters. The van der Waals surface area contributed by atoms with E-state index in [1.54, 1.807) is 19.3 Å². The summed E-state index contributed by atoms with van der Waals surface area (Å²) in [7, 11) is 1.72. The minimum absolute atomic E-state index is 0.0681. The van der Waals surface area contributed by atoms with Crippen molar-refractivity contribution in [1.29, 1.82) is 0 Å². The standard InChI is InChI=1S/C16H27N5O/c1-12(2)7-9-18-16(17-4)19-10-8-15(22)21-14-6-5-13(3)11-20-14/h5-6,11-12H,7-10H2,1-4H3,(H2,17,18,19)(H,20,21,22). The maximum atomic E-state index is 11.8. The molecule has 0 radical (unpaired) electrons. The molecule has 0 saturated heterocycles. The molecule has 3 N–H and O–H groups in total. The van der Waals surface area contributed by atoms with E-state index in [1.165, 1.54) is 0 Å². The zero-order valence-electron chi connectivity index (χ0n) is 13.9. The van der Waals surface area contributed by atoms with Crippen molar-refractivity contribution >= 4 is 17.7 Å². The number of anilines is 1. The van der Waals surface area contributed by atoms with Crippen molar-refractivity contribution < 1.29 is 4.79 Å². The molecule has 0 unspecified atom stereocenters. The predicted octanol–water partition coefficient (Wildman–Crippen LogP) is 1.93. The SMILES string of the molecule is CN=C(NCCC(=O)Nc1ccc(C)cn1)NCCC(C)C. The van der Waals surface area contributed by atoms with Crippen molar-refractivity contribution in [2.75, 3.05) is 25.5 Å². The van der Waals surface area contributed by atoms with E-state index in [9.17, 15) is 4.79 Å². The number of carbonyl (C=O) groups is 1. The number of hydrogen-bond donors (Lipinski definition) is 3. The van der Waals surface area contributed by atoms with E-state index < -0.39 is 0 Å². The van der Waals surface area contributed by atoms with Crippen LogP contribution in [0.25, 0.3) is 0 Å². The third-order valence-corrected chi connectivity index (χ3v) is 3.06. The first-order chi connectivity index (χ1) is 10.5. The summed E-state index contributed by atoms with van der Waals surface area (Å²) in [5.41, 5.74) is 1.07. The van der Waals surface area contributed by atoms with Gasteiger partial charge in [0.15, 0.2) is 5.96 Å². The summed E-state index contributed by atoms with van der Waals surface area (Å²) < 4.78 is 0. The molecule has 1 rings (SSSR count). The second-order valence-electron chi connectivity index (χ2n) is 5.63. The highest BCUT2D eigenvalue weighted by atomic mass is 16.1. The first kappa shape index (κ1) is 17.9. The van der Waals surface area contributed by atoms with E-state index in [1.807, 2.05) is 13.0 Å². The average Bonchev–Trinajstić information content (AvgIpc) is 2.47. The fraction of sp³-hybridized carbons (Fsp3) is 0.562. The average molecular weight is 305 g/mol. The number of pyridine rings is 1. The first-order valence-electron chi connectivity index (χ1n) is 7.68. The van der Waals surface area contributed by atoms with E-state index in [-0.39, 0.29) is 5.91 Å². The van der Waals surface area contributed by atoms with Crippen LogP contribution in [-0.4, -0.2) is 37.0 Å². The second-order valence-corrected chi connectivity index (χ2v) is 5.63. The van der Waals surface area contributed by atoms with Crippen LogP contribution >= 0.6 is 0 Å². The zero-order chi connectivity index (χ0) is 16.4. The molecule has 1 aromatic heterocycles. The molecule has 0 aromatic carbocycles. The van der Waals surface area contributed by atoms with E-state index in [0.717, 1.165) is 24.5 Å². The van der Waals surface area contributed by atoms with Crippen LogP contribution in [-0.2, 0) is 4.79 Å². The third kappa shape index (κ3) is 7.61. The van der Waals surface area contributed by atoms with Gasteiger partial charge < -0.3 is 16.0 Å². The lowest BCUT2D eigenvalue weighted by molar-refractivity contribution is -0.116. The van der Waals surface area contributed by atoms with Crippen molar-refractivity contribution in [1.82, 2.24) is 15.6 Å². The van der Waals surface area contributed by atoms with Crippen LogP contribution < -0.4 is 16.0 Å². The molecule has 1 aromatic rings. The minimum atomic E-state index is -0.0681.